The molecule has 1 aliphatic heterocycles. The Morgan fingerprint density at radius 2 is 1.86 bits per heavy atom. The van der Waals surface area contributed by atoms with Gasteiger partial charge in [-0.25, -0.2) is 0 Å². The first-order valence-corrected chi connectivity index (χ1v) is 7.28. The number of halogens is 1. The second-order valence-corrected chi connectivity index (χ2v) is 5.47. The van der Waals surface area contributed by atoms with E-state index in [4.69, 9.17) is 14.7 Å². The van der Waals surface area contributed by atoms with Gasteiger partial charge in [-0.05, 0) is 54.1 Å². The standard InChI is InChI=1S/C17H10BrNO3/c18-14-8-17-16(21-10-22-17)7-13(14)5-6-15(20)12-3-1-11(9-19)2-4-12/h1-8H,10H2/b6-5+. The van der Waals surface area contributed by atoms with Gasteiger partial charge in [0, 0.05) is 10.0 Å². The van der Waals surface area contributed by atoms with E-state index >= 15 is 0 Å². The molecule has 0 aliphatic carbocycles. The summed E-state index contributed by atoms with van der Waals surface area (Å²) in [6.07, 6.45) is 3.20. The van der Waals surface area contributed by atoms with Crippen molar-refractivity contribution in [3.05, 3.63) is 63.6 Å². The lowest BCUT2D eigenvalue weighted by molar-refractivity contribution is 0.104. The summed E-state index contributed by atoms with van der Waals surface area (Å²) in [6.45, 7) is 0.207. The zero-order valence-electron chi connectivity index (χ0n) is 11.4. The minimum Gasteiger partial charge on any atom is -0.454 e. The molecule has 0 saturated heterocycles. The fourth-order valence-electron chi connectivity index (χ4n) is 2.03. The second-order valence-electron chi connectivity index (χ2n) is 4.61. The molecule has 1 heterocycles. The Bertz CT molecular complexity index is 804. The number of nitriles is 1. The maximum Gasteiger partial charge on any atom is 0.231 e. The zero-order chi connectivity index (χ0) is 15.5. The quantitative estimate of drug-likeness (QED) is 0.617. The Kier molecular flexibility index (Phi) is 3.94. The highest BCUT2D eigenvalue weighted by Gasteiger charge is 2.15. The normalized spacial score (nSPS) is 12.4. The van der Waals surface area contributed by atoms with Crippen LogP contribution in [0.4, 0.5) is 0 Å². The van der Waals surface area contributed by atoms with E-state index in [9.17, 15) is 4.79 Å². The molecule has 1 aliphatic rings. The first kappa shape index (κ1) is 14.4. The lowest BCUT2D eigenvalue weighted by atomic mass is 10.1. The number of ether oxygens (including phenoxy) is 2. The smallest absolute Gasteiger partial charge is 0.231 e. The Morgan fingerprint density at radius 1 is 1.18 bits per heavy atom. The minimum atomic E-state index is -0.131. The van der Waals surface area contributed by atoms with Gasteiger partial charge in [0.2, 0.25) is 6.79 Å². The summed E-state index contributed by atoms with van der Waals surface area (Å²) in [5.41, 5.74) is 1.89. The summed E-state index contributed by atoms with van der Waals surface area (Å²) in [7, 11) is 0. The van der Waals surface area contributed by atoms with Crippen LogP contribution in [0.25, 0.3) is 6.08 Å². The van der Waals surface area contributed by atoms with Crippen molar-refractivity contribution < 1.29 is 14.3 Å². The number of benzene rings is 2. The van der Waals surface area contributed by atoms with Crippen molar-refractivity contribution in [2.24, 2.45) is 0 Å². The van der Waals surface area contributed by atoms with Crippen LogP contribution in [0.5, 0.6) is 11.5 Å². The predicted molar refractivity (Wildman–Crippen MR) is 84.8 cm³/mol. The van der Waals surface area contributed by atoms with Gasteiger partial charge in [0.05, 0.1) is 11.6 Å². The summed E-state index contributed by atoms with van der Waals surface area (Å²) in [5.74, 6) is 1.21. The summed E-state index contributed by atoms with van der Waals surface area (Å²) in [6, 6.07) is 12.2. The predicted octanol–water partition coefficient (Wildman–Crippen LogP) is 3.95. The molecule has 0 spiro atoms. The Labute approximate surface area is 135 Å². The molecular weight excluding hydrogens is 346 g/mol. The van der Waals surface area contributed by atoms with Crippen molar-refractivity contribution in [1.29, 1.82) is 5.26 Å². The van der Waals surface area contributed by atoms with Crippen molar-refractivity contribution in [1.82, 2.24) is 0 Å². The Balaban J connectivity index is 1.81. The van der Waals surface area contributed by atoms with Gasteiger partial charge in [-0.1, -0.05) is 15.9 Å². The molecular formula is C17H10BrNO3. The average molecular weight is 356 g/mol. The molecule has 0 aromatic heterocycles. The van der Waals surface area contributed by atoms with Gasteiger partial charge >= 0.3 is 0 Å². The van der Waals surface area contributed by atoms with Crippen LogP contribution in [0, 0.1) is 11.3 Å². The van der Waals surface area contributed by atoms with Crippen LogP contribution in [0.2, 0.25) is 0 Å². The van der Waals surface area contributed by atoms with Crippen LogP contribution in [-0.2, 0) is 0 Å². The number of fused-ring (bicyclic) bond motifs is 1. The number of allylic oxidation sites excluding steroid dienone is 1. The number of nitrogens with zero attached hydrogens (tertiary/aromatic N) is 1. The van der Waals surface area contributed by atoms with Crippen LogP contribution < -0.4 is 9.47 Å². The molecule has 0 amide bonds. The third-order valence-electron chi connectivity index (χ3n) is 3.20. The van der Waals surface area contributed by atoms with E-state index in [2.05, 4.69) is 15.9 Å². The van der Waals surface area contributed by atoms with Crippen molar-refractivity contribution >= 4 is 27.8 Å². The molecule has 4 nitrogen and oxygen atoms in total. The van der Waals surface area contributed by atoms with E-state index in [-0.39, 0.29) is 12.6 Å². The summed E-state index contributed by atoms with van der Waals surface area (Å²) >= 11 is 3.44. The number of hydrogen-bond donors (Lipinski definition) is 0. The van der Waals surface area contributed by atoms with Gasteiger partial charge in [-0.2, -0.15) is 5.26 Å². The lowest BCUT2D eigenvalue weighted by Gasteiger charge is -2.02. The summed E-state index contributed by atoms with van der Waals surface area (Å²) in [5, 5.41) is 8.75. The molecule has 0 fully saturated rings. The highest BCUT2D eigenvalue weighted by atomic mass is 79.9. The SMILES string of the molecule is N#Cc1ccc(C(=O)/C=C/c2cc3c(cc2Br)OCO3)cc1. The van der Waals surface area contributed by atoms with Crippen molar-refractivity contribution in [3.8, 4) is 17.6 Å². The molecule has 0 saturated carbocycles. The molecule has 0 radical (unpaired) electrons. The molecule has 0 unspecified atom stereocenters. The van der Waals surface area contributed by atoms with Gasteiger partial charge in [-0.15, -0.1) is 0 Å². The van der Waals surface area contributed by atoms with Gasteiger partial charge in [0.1, 0.15) is 0 Å². The summed E-state index contributed by atoms with van der Waals surface area (Å²) < 4.78 is 11.4. The molecule has 0 bridgehead atoms. The molecule has 5 heteroatoms. The van der Waals surface area contributed by atoms with E-state index in [0.29, 0.717) is 22.6 Å². The fraction of sp³-hybridized carbons (Fsp3) is 0.0588. The number of carbonyl (C=O) groups is 1. The third-order valence-corrected chi connectivity index (χ3v) is 3.89. The molecule has 0 atom stereocenters. The molecule has 2 aromatic carbocycles. The lowest BCUT2D eigenvalue weighted by Crippen LogP contribution is -1.94. The van der Waals surface area contributed by atoms with E-state index in [1.807, 2.05) is 18.2 Å². The van der Waals surface area contributed by atoms with Crippen molar-refractivity contribution in [3.63, 3.8) is 0 Å². The highest BCUT2D eigenvalue weighted by molar-refractivity contribution is 9.10. The van der Waals surface area contributed by atoms with Gasteiger partial charge in [0.15, 0.2) is 17.3 Å². The first-order valence-electron chi connectivity index (χ1n) is 6.49. The average Bonchev–Trinajstić information content (AvgIpc) is 2.99. The molecule has 3 rings (SSSR count). The second kappa shape index (κ2) is 6.04. The van der Waals surface area contributed by atoms with E-state index < -0.39 is 0 Å². The topological polar surface area (TPSA) is 59.3 Å². The van der Waals surface area contributed by atoms with Crippen LogP contribution in [0.15, 0.2) is 46.9 Å². The summed E-state index contributed by atoms with van der Waals surface area (Å²) in [4.78, 5) is 12.1. The van der Waals surface area contributed by atoms with Gasteiger partial charge < -0.3 is 9.47 Å². The minimum absolute atomic E-state index is 0.131. The highest BCUT2D eigenvalue weighted by Crippen LogP contribution is 2.37. The van der Waals surface area contributed by atoms with E-state index in [1.165, 1.54) is 6.08 Å². The van der Waals surface area contributed by atoms with Crippen LogP contribution in [-0.4, -0.2) is 12.6 Å². The van der Waals surface area contributed by atoms with Gasteiger partial charge in [0.25, 0.3) is 0 Å². The van der Waals surface area contributed by atoms with Crippen LogP contribution >= 0.6 is 15.9 Å². The van der Waals surface area contributed by atoms with Crippen molar-refractivity contribution in [2.45, 2.75) is 0 Å². The Morgan fingerprint density at radius 3 is 2.55 bits per heavy atom. The molecule has 22 heavy (non-hydrogen) atoms. The van der Waals surface area contributed by atoms with Crippen LogP contribution in [0.1, 0.15) is 21.5 Å². The Hall–Kier alpha value is -2.58. The molecule has 108 valence electrons. The van der Waals surface area contributed by atoms with E-state index in [1.54, 1.807) is 30.3 Å². The largest absolute Gasteiger partial charge is 0.454 e. The zero-order valence-corrected chi connectivity index (χ0v) is 13.0. The number of carbonyl (C=O) groups excluding carboxylic acids is 1. The van der Waals surface area contributed by atoms with Gasteiger partial charge in [-0.3, -0.25) is 4.79 Å². The maximum atomic E-state index is 12.1. The molecule has 0 N–H and O–H groups in total. The number of rotatable bonds is 3. The number of ketones is 1. The van der Waals surface area contributed by atoms with E-state index in [0.717, 1.165) is 10.0 Å². The number of hydrogen-bond acceptors (Lipinski definition) is 4. The molecule has 2 aromatic rings. The fourth-order valence-corrected chi connectivity index (χ4v) is 2.49. The van der Waals surface area contributed by atoms with Crippen LogP contribution in [0.3, 0.4) is 0 Å². The third kappa shape index (κ3) is 2.87. The first-order chi connectivity index (χ1) is 10.7. The monoisotopic (exact) mass is 355 g/mol. The maximum absolute atomic E-state index is 12.1. The van der Waals surface area contributed by atoms with Crippen molar-refractivity contribution in [2.75, 3.05) is 6.79 Å².